The van der Waals surface area contributed by atoms with Crippen molar-refractivity contribution in [3.8, 4) is 0 Å². The molecule has 1 aliphatic rings. The average molecular weight is 188 g/mol. The van der Waals surface area contributed by atoms with E-state index in [2.05, 4.69) is 10.3 Å². The molecule has 0 fully saturated rings. The first kappa shape index (κ1) is 8.94. The van der Waals surface area contributed by atoms with E-state index in [9.17, 15) is 4.79 Å². The van der Waals surface area contributed by atoms with Gasteiger partial charge in [-0.05, 0) is 12.5 Å². The summed E-state index contributed by atoms with van der Waals surface area (Å²) < 4.78 is 0. The topological polar surface area (TPSA) is 41.5 Å². The van der Waals surface area contributed by atoms with Gasteiger partial charge in [-0.1, -0.05) is 30.3 Å². The third-order valence-electron chi connectivity index (χ3n) is 2.46. The van der Waals surface area contributed by atoms with Crippen molar-refractivity contribution in [1.82, 2.24) is 5.32 Å². The molecule has 2 rings (SSSR count). The summed E-state index contributed by atoms with van der Waals surface area (Å²) in [6.07, 6.45) is 0. The van der Waals surface area contributed by atoms with Crippen molar-refractivity contribution in [3.05, 3.63) is 35.9 Å². The van der Waals surface area contributed by atoms with E-state index in [-0.39, 0.29) is 5.91 Å². The molecule has 72 valence electrons. The molecule has 1 heterocycles. The number of hydrogen-bond acceptors (Lipinski definition) is 2. The highest BCUT2D eigenvalue weighted by molar-refractivity contribution is 6.29. The van der Waals surface area contributed by atoms with Gasteiger partial charge < -0.3 is 5.32 Å². The smallest absolute Gasteiger partial charge is 0.253 e. The summed E-state index contributed by atoms with van der Waals surface area (Å²) >= 11 is 0. The molecule has 1 unspecified atom stereocenters. The molecule has 14 heavy (non-hydrogen) atoms. The van der Waals surface area contributed by atoms with Gasteiger partial charge >= 0.3 is 0 Å². The van der Waals surface area contributed by atoms with Crippen LogP contribution in [0.2, 0.25) is 0 Å². The van der Waals surface area contributed by atoms with Crippen molar-refractivity contribution in [2.45, 2.75) is 12.5 Å². The molecule has 0 saturated heterocycles. The minimum atomic E-state index is -0.629. The van der Waals surface area contributed by atoms with Gasteiger partial charge in [-0.25, -0.2) is 0 Å². The number of likely N-dealkylation sites (N-methyl/N-ethyl adjacent to an activating group) is 1. The van der Waals surface area contributed by atoms with Gasteiger partial charge in [0.15, 0.2) is 5.54 Å². The van der Waals surface area contributed by atoms with Crippen molar-refractivity contribution < 1.29 is 4.79 Å². The maximum absolute atomic E-state index is 11.5. The summed E-state index contributed by atoms with van der Waals surface area (Å²) in [4.78, 5) is 15.7. The first-order valence-electron chi connectivity index (χ1n) is 4.56. The van der Waals surface area contributed by atoms with E-state index in [1.807, 2.05) is 37.3 Å². The molecule has 0 radical (unpaired) electrons. The van der Waals surface area contributed by atoms with Crippen LogP contribution in [0.4, 0.5) is 0 Å². The summed E-state index contributed by atoms with van der Waals surface area (Å²) in [6.45, 7) is 1.83. The second-order valence-corrected chi connectivity index (χ2v) is 3.48. The van der Waals surface area contributed by atoms with Gasteiger partial charge in [0.1, 0.15) is 0 Å². The molecule has 1 aromatic rings. The van der Waals surface area contributed by atoms with E-state index in [0.29, 0.717) is 0 Å². The van der Waals surface area contributed by atoms with Gasteiger partial charge in [0, 0.05) is 7.05 Å². The Morgan fingerprint density at radius 2 is 2.00 bits per heavy atom. The number of aliphatic imine (C=N–C) groups is 1. The molecule has 3 nitrogen and oxygen atoms in total. The third kappa shape index (κ3) is 1.21. The van der Waals surface area contributed by atoms with Gasteiger partial charge in [0.25, 0.3) is 5.91 Å². The molecule has 0 bridgehead atoms. The van der Waals surface area contributed by atoms with Crippen LogP contribution in [-0.4, -0.2) is 24.2 Å². The lowest BCUT2D eigenvalue weighted by atomic mass is 9.99. The van der Waals surface area contributed by atoms with Crippen LogP contribution >= 0.6 is 0 Å². The van der Waals surface area contributed by atoms with Crippen molar-refractivity contribution >= 4 is 11.6 Å². The minimum Gasteiger partial charge on any atom is -0.357 e. The first-order chi connectivity index (χ1) is 6.68. The highest BCUT2D eigenvalue weighted by Gasteiger charge is 2.49. The molecular formula is C11H12N2O. The molecule has 0 saturated carbocycles. The fourth-order valence-electron chi connectivity index (χ4n) is 1.54. The van der Waals surface area contributed by atoms with Crippen LogP contribution in [0.5, 0.6) is 0 Å². The number of benzene rings is 1. The zero-order valence-corrected chi connectivity index (χ0v) is 8.24. The number of carbonyl (C=O) groups is 1. The Bertz CT molecular complexity index is 397. The van der Waals surface area contributed by atoms with E-state index in [1.54, 1.807) is 7.05 Å². The van der Waals surface area contributed by atoms with Crippen molar-refractivity contribution in [1.29, 1.82) is 0 Å². The number of carbonyl (C=O) groups excluding carboxylic acids is 1. The Morgan fingerprint density at radius 1 is 1.36 bits per heavy atom. The zero-order valence-electron chi connectivity index (χ0n) is 8.24. The number of hydrogen-bond donors (Lipinski definition) is 1. The van der Waals surface area contributed by atoms with E-state index >= 15 is 0 Å². The van der Waals surface area contributed by atoms with Crippen molar-refractivity contribution in [3.63, 3.8) is 0 Å². The molecule has 0 spiro atoms. The van der Waals surface area contributed by atoms with Crippen LogP contribution in [0.1, 0.15) is 12.5 Å². The van der Waals surface area contributed by atoms with E-state index < -0.39 is 5.54 Å². The molecule has 1 N–H and O–H groups in total. The molecule has 0 aliphatic carbocycles. The lowest BCUT2D eigenvalue weighted by Crippen LogP contribution is -2.36. The summed E-state index contributed by atoms with van der Waals surface area (Å²) in [6, 6.07) is 9.77. The number of nitrogens with zero attached hydrogens (tertiary/aromatic N) is 1. The van der Waals surface area contributed by atoms with E-state index in [0.717, 1.165) is 11.3 Å². The zero-order chi connectivity index (χ0) is 10.2. The summed E-state index contributed by atoms with van der Waals surface area (Å²) in [7, 11) is 1.63. The Kier molecular flexibility index (Phi) is 1.88. The Hall–Kier alpha value is -1.64. The van der Waals surface area contributed by atoms with Gasteiger partial charge in [-0.15, -0.1) is 0 Å². The van der Waals surface area contributed by atoms with Crippen molar-refractivity contribution in [2.75, 3.05) is 7.05 Å². The molecule has 1 amide bonds. The van der Waals surface area contributed by atoms with Gasteiger partial charge in [0.05, 0.1) is 5.71 Å². The summed E-state index contributed by atoms with van der Waals surface area (Å²) in [5.74, 6) is -0.0450. The maximum Gasteiger partial charge on any atom is 0.253 e. The fraction of sp³-hybridized carbons (Fsp3) is 0.273. The number of nitrogens with one attached hydrogen (secondary N) is 1. The van der Waals surface area contributed by atoms with Crippen LogP contribution in [-0.2, 0) is 4.79 Å². The summed E-state index contributed by atoms with van der Waals surface area (Å²) in [5, 5.41) is 2.61. The van der Waals surface area contributed by atoms with Crippen LogP contribution in [0, 0.1) is 0 Å². The van der Waals surface area contributed by atoms with Gasteiger partial charge in [0.2, 0.25) is 0 Å². The molecule has 1 aliphatic heterocycles. The second-order valence-electron chi connectivity index (χ2n) is 3.48. The van der Waals surface area contributed by atoms with Crippen LogP contribution in [0.3, 0.4) is 0 Å². The Balaban J connectivity index is 2.20. The van der Waals surface area contributed by atoms with Crippen molar-refractivity contribution in [2.24, 2.45) is 4.99 Å². The van der Waals surface area contributed by atoms with Crippen LogP contribution < -0.4 is 5.32 Å². The summed E-state index contributed by atoms with van der Waals surface area (Å²) in [5.41, 5.74) is 1.27. The SMILES string of the molecule is CNC(=O)C1(C)N=C1c1ccccc1. The molecule has 0 aromatic heterocycles. The molecular weight excluding hydrogens is 176 g/mol. The Labute approximate surface area is 82.9 Å². The largest absolute Gasteiger partial charge is 0.357 e. The molecule has 3 heteroatoms. The monoisotopic (exact) mass is 188 g/mol. The van der Waals surface area contributed by atoms with Crippen LogP contribution in [0.25, 0.3) is 0 Å². The number of amides is 1. The lowest BCUT2D eigenvalue weighted by Gasteiger charge is -2.06. The fourth-order valence-corrected chi connectivity index (χ4v) is 1.54. The second kappa shape index (κ2) is 2.94. The highest BCUT2D eigenvalue weighted by atomic mass is 16.2. The minimum absolute atomic E-state index is 0.0450. The Morgan fingerprint density at radius 3 is 2.57 bits per heavy atom. The quantitative estimate of drug-likeness (QED) is 0.739. The third-order valence-corrected chi connectivity index (χ3v) is 2.46. The number of rotatable bonds is 2. The highest BCUT2D eigenvalue weighted by Crippen LogP contribution is 2.32. The molecule has 1 atom stereocenters. The predicted octanol–water partition coefficient (Wildman–Crippen LogP) is 0.994. The predicted molar refractivity (Wildman–Crippen MR) is 55.5 cm³/mol. The van der Waals surface area contributed by atoms with E-state index in [1.165, 1.54) is 0 Å². The normalized spacial score (nSPS) is 24.0. The lowest BCUT2D eigenvalue weighted by molar-refractivity contribution is -0.122. The van der Waals surface area contributed by atoms with E-state index in [4.69, 9.17) is 0 Å². The average Bonchev–Trinajstić information content (AvgIpc) is 2.92. The first-order valence-corrected chi connectivity index (χ1v) is 4.56. The van der Waals surface area contributed by atoms with Gasteiger partial charge in [-0.3, -0.25) is 9.79 Å². The van der Waals surface area contributed by atoms with Crippen LogP contribution in [0.15, 0.2) is 35.3 Å². The maximum atomic E-state index is 11.5. The molecule has 1 aromatic carbocycles. The van der Waals surface area contributed by atoms with Gasteiger partial charge in [-0.2, -0.15) is 0 Å². The standard InChI is InChI=1S/C11H12N2O/c1-11(10(14)12-2)9(13-11)8-6-4-3-5-7-8/h3-7H,1-2H3,(H,12,14).